The maximum absolute atomic E-state index is 11.7. The maximum atomic E-state index is 11.7. The number of nitrogens with one attached hydrogen (secondary N) is 1. The standard InChI is InChI=1S/C13H24N2O2/c1-9(2)12(13(16)17-3)14-11-8-15-6-4-10(11)5-7-15/h9-12,14H,4-8H2,1-3H3/t11?,12-/m0/s1. The van der Waals surface area contributed by atoms with Gasteiger partial charge in [-0.2, -0.15) is 0 Å². The number of ether oxygens (including phenoxy) is 1. The molecule has 3 heterocycles. The van der Waals surface area contributed by atoms with Crippen molar-refractivity contribution >= 4 is 5.97 Å². The average Bonchev–Trinajstić information content (AvgIpc) is 2.36. The van der Waals surface area contributed by atoms with Gasteiger partial charge in [0, 0.05) is 12.6 Å². The van der Waals surface area contributed by atoms with E-state index in [0.717, 1.165) is 12.5 Å². The third-order valence-electron chi connectivity index (χ3n) is 4.17. The smallest absolute Gasteiger partial charge is 0.323 e. The third-order valence-corrected chi connectivity index (χ3v) is 4.17. The van der Waals surface area contributed by atoms with E-state index in [1.165, 1.54) is 33.0 Å². The van der Waals surface area contributed by atoms with Gasteiger partial charge in [-0.15, -0.1) is 0 Å². The van der Waals surface area contributed by atoms with Gasteiger partial charge in [-0.3, -0.25) is 10.1 Å². The zero-order valence-corrected chi connectivity index (χ0v) is 11.1. The summed E-state index contributed by atoms with van der Waals surface area (Å²) in [4.78, 5) is 14.2. The summed E-state index contributed by atoms with van der Waals surface area (Å²) in [5, 5.41) is 3.52. The number of carbonyl (C=O) groups excluding carboxylic acids is 1. The van der Waals surface area contributed by atoms with Crippen LogP contribution in [0.15, 0.2) is 0 Å². The molecular formula is C13H24N2O2. The van der Waals surface area contributed by atoms with E-state index in [-0.39, 0.29) is 17.9 Å². The minimum Gasteiger partial charge on any atom is -0.468 e. The highest BCUT2D eigenvalue weighted by atomic mass is 16.5. The monoisotopic (exact) mass is 240 g/mol. The molecule has 2 bridgehead atoms. The Labute approximate surface area is 104 Å². The molecule has 0 aliphatic carbocycles. The van der Waals surface area contributed by atoms with Crippen LogP contribution in [0.2, 0.25) is 0 Å². The van der Waals surface area contributed by atoms with Gasteiger partial charge in [-0.1, -0.05) is 13.8 Å². The topological polar surface area (TPSA) is 41.6 Å². The summed E-state index contributed by atoms with van der Waals surface area (Å²) in [6.45, 7) is 7.68. The zero-order chi connectivity index (χ0) is 12.4. The molecular weight excluding hydrogens is 216 g/mol. The van der Waals surface area contributed by atoms with Crippen molar-refractivity contribution in [2.24, 2.45) is 11.8 Å². The van der Waals surface area contributed by atoms with Crippen molar-refractivity contribution in [1.29, 1.82) is 0 Å². The molecule has 0 aromatic carbocycles. The van der Waals surface area contributed by atoms with Crippen LogP contribution in [0.3, 0.4) is 0 Å². The van der Waals surface area contributed by atoms with Gasteiger partial charge in [-0.25, -0.2) is 0 Å². The first kappa shape index (κ1) is 12.8. The summed E-state index contributed by atoms with van der Waals surface area (Å²) in [6, 6.07) is 0.301. The van der Waals surface area contributed by atoms with Crippen molar-refractivity contribution in [3.8, 4) is 0 Å². The maximum Gasteiger partial charge on any atom is 0.323 e. The van der Waals surface area contributed by atoms with Gasteiger partial charge in [0.25, 0.3) is 0 Å². The van der Waals surface area contributed by atoms with Crippen molar-refractivity contribution in [2.75, 3.05) is 26.7 Å². The van der Waals surface area contributed by atoms with E-state index in [9.17, 15) is 4.79 Å². The Hall–Kier alpha value is -0.610. The van der Waals surface area contributed by atoms with Crippen molar-refractivity contribution < 1.29 is 9.53 Å². The predicted octanol–water partition coefficient (Wildman–Crippen LogP) is 0.868. The van der Waals surface area contributed by atoms with E-state index in [1.54, 1.807) is 0 Å². The van der Waals surface area contributed by atoms with Crippen LogP contribution in [0.25, 0.3) is 0 Å². The third kappa shape index (κ3) is 2.80. The van der Waals surface area contributed by atoms with Crippen molar-refractivity contribution in [1.82, 2.24) is 10.2 Å². The molecule has 0 spiro atoms. The molecule has 3 saturated heterocycles. The Balaban J connectivity index is 1.96. The molecule has 3 aliphatic rings. The van der Waals surface area contributed by atoms with E-state index in [4.69, 9.17) is 4.74 Å². The number of esters is 1. The summed E-state index contributed by atoms with van der Waals surface area (Å²) < 4.78 is 4.88. The zero-order valence-electron chi connectivity index (χ0n) is 11.1. The van der Waals surface area contributed by atoms with Crippen molar-refractivity contribution in [2.45, 2.75) is 38.8 Å². The van der Waals surface area contributed by atoms with Gasteiger partial charge in [0.1, 0.15) is 6.04 Å². The van der Waals surface area contributed by atoms with Crippen LogP contribution in [-0.2, 0) is 9.53 Å². The molecule has 3 aliphatic heterocycles. The summed E-state index contributed by atoms with van der Waals surface area (Å²) in [5.74, 6) is 0.889. The second kappa shape index (κ2) is 5.36. The highest BCUT2D eigenvalue weighted by Crippen LogP contribution is 2.28. The molecule has 0 saturated carbocycles. The lowest BCUT2D eigenvalue weighted by Gasteiger charge is -2.46. The first-order valence-corrected chi connectivity index (χ1v) is 6.68. The highest BCUT2D eigenvalue weighted by molar-refractivity contribution is 5.76. The fourth-order valence-electron chi connectivity index (χ4n) is 3.04. The Morgan fingerprint density at radius 1 is 1.35 bits per heavy atom. The largest absolute Gasteiger partial charge is 0.468 e. The van der Waals surface area contributed by atoms with Gasteiger partial charge in [0.05, 0.1) is 7.11 Å². The number of carbonyl (C=O) groups is 1. The number of fused-ring (bicyclic) bond motifs is 3. The second-order valence-electron chi connectivity index (χ2n) is 5.66. The molecule has 98 valence electrons. The van der Waals surface area contributed by atoms with E-state index in [2.05, 4.69) is 24.1 Å². The lowest BCUT2D eigenvalue weighted by Crippen LogP contribution is -2.60. The fraction of sp³-hybridized carbons (Fsp3) is 0.923. The van der Waals surface area contributed by atoms with Crippen molar-refractivity contribution in [3.05, 3.63) is 0 Å². The van der Waals surface area contributed by atoms with Gasteiger partial charge >= 0.3 is 5.97 Å². The minimum absolute atomic E-state index is 0.128. The first-order valence-electron chi connectivity index (χ1n) is 6.68. The number of piperidine rings is 3. The molecule has 17 heavy (non-hydrogen) atoms. The van der Waals surface area contributed by atoms with Crippen LogP contribution < -0.4 is 5.32 Å². The molecule has 1 unspecified atom stereocenters. The number of nitrogens with zero attached hydrogens (tertiary/aromatic N) is 1. The molecule has 3 fully saturated rings. The second-order valence-corrected chi connectivity index (χ2v) is 5.66. The number of rotatable bonds is 4. The minimum atomic E-state index is -0.162. The molecule has 0 aromatic heterocycles. The lowest BCUT2D eigenvalue weighted by atomic mass is 9.83. The quantitative estimate of drug-likeness (QED) is 0.740. The molecule has 4 nitrogen and oxygen atoms in total. The fourth-order valence-corrected chi connectivity index (χ4v) is 3.04. The number of hydrogen-bond donors (Lipinski definition) is 1. The van der Waals surface area contributed by atoms with Gasteiger partial charge in [-0.05, 0) is 37.8 Å². The van der Waals surface area contributed by atoms with E-state index >= 15 is 0 Å². The lowest BCUT2D eigenvalue weighted by molar-refractivity contribution is -0.145. The molecule has 0 aromatic rings. The molecule has 1 N–H and O–H groups in total. The van der Waals surface area contributed by atoms with Crippen LogP contribution >= 0.6 is 0 Å². The average molecular weight is 240 g/mol. The molecule has 3 rings (SSSR count). The Bertz CT molecular complexity index is 273. The van der Waals surface area contributed by atoms with Crippen LogP contribution in [0.4, 0.5) is 0 Å². The van der Waals surface area contributed by atoms with Crippen LogP contribution in [0, 0.1) is 11.8 Å². The first-order chi connectivity index (χ1) is 8.11. The predicted molar refractivity (Wildman–Crippen MR) is 66.7 cm³/mol. The Morgan fingerprint density at radius 2 is 2.00 bits per heavy atom. The number of hydrogen-bond acceptors (Lipinski definition) is 4. The van der Waals surface area contributed by atoms with Crippen molar-refractivity contribution in [3.63, 3.8) is 0 Å². The molecule has 4 heteroatoms. The van der Waals surface area contributed by atoms with Gasteiger partial charge < -0.3 is 9.64 Å². The number of methoxy groups -OCH3 is 1. The molecule has 0 radical (unpaired) electrons. The summed E-state index contributed by atoms with van der Waals surface area (Å²) in [5.41, 5.74) is 0. The Kier molecular flexibility index (Phi) is 4.05. The van der Waals surface area contributed by atoms with Crippen LogP contribution in [-0.4, -0.2) is 49.7 Å². The normalized spacial score (nSPS) is 33.8. The SMILES string of the molecule is COC(=O)[C@@H](NC1CN2CCC1CC2)C(C)C. The van der Waals surface area contributed by atoms with Crippen LogP contribution in [0.5, 0.6) is 0 Å². The summed E-state index contributed by atoms with van der Waals surface area (Å²) in [6.07, 6.45) is 2.54. The molecule has 0 amide bonds. The molecule has 2 atom stereocenters. The van der Waals surface area contributed by atoms with E-state index in [0.29, 0.717) is 6.04 Å². The van der Waals surface area contributed by atoms with Crippen LogP contribution in [0.1, 0.15) is 26.7 Å². The summed E-state index contributed by atoms with van der Waals surface area (Å²) >= 11 is 0. The van der Waals surface area contributed by atoms with Gasteiger partial charge in [0.2, 0.25) is 0 Å². The van der Waals surface area contributed by atoms with E-state index in [1.807, 2.05) is 0 Å². The Morgan fingerprint density at radius 3 is 2.41 bits per heavy atom. The van der Waals surface area contributed by atoms with Gasteiger partial charge in [0.15, 0.2) is 0 Å². The summed E-state index contributed by atoms with van der Waals surface area (Å²) in [7, 11) is 1.47. The highest BCUT2D eigenvalue weighted by Gasteiger charge is 2.37. The van der Waals surface area contributed by atoms with E-state index < -0.39 is 0 Å².